The Balaban J connectivity index is 1.65. The summed E-state index contributed by atoms with van der Waals surface area (Å²) in [5.41, 5.74) is 6.31. The average molecular weight is 347 g/mol. The number of carbonyl (C=O) groups excluding carboxylic acids is 2. The molecule has 24 heavy (non-hydrogen) atoms. The number of primary amides is 1. The van der Waals surface area contributed by atoms with Crippen LogP contribution in [-0.2, 0) is 6.61 Å². The molecule has 0 aliphatic heterocycles. The van der Waals surface area contributed by atoms with Crippen molar-refractivity contribution in [2.24, 2.45) is 11.7 Å². The predicted molar refractivity (Wildman–Crippen MR) is 88.9 cm³/mol. The maximum atomic E-state index is 11.9. The van der Waals surface area contributed by atoms with E-state index in [0.717, 1.165) is 29.9 Å². The van der Waals surface area contributed by atoms with Crippen molar-refractivity contribution in [2.75, 3.05) is 11.9 Å². The van der Waals surface area contributed by atoms with E-state index in [4.69, 9.17) is 10.5 Å². The molecule has 0 atom stereocenters. The zero-order valence-corrected chi connectivity index (χ0v) is 13.6. The Hall–Kier alpha value is -2.68. The van der Waals surface area contributed by atoms with Gasteiger partial charge in [-0.25, -0.2) is 4.79 Å². The van der Waals surface area contributed by atoms with Crippen LogP contribution in [-0.4, -0.2) is 27.8 Å². The number of anilines is 1. The van der Waals surface area contributed by atoms with Crippen molar-refractivity contribution in [3.63, 3.8) is 0 Å². The SMILES string of the molecule is NC(=O)c1c(OCc2cccnc2)nsc1NC(=O)NCC1CC1. The fourth-order valence-corrected chi connectivity index (χ4v) is 2.75. The van der Waals surface area contributed by atoms with Crippen molar-refractivity contribution >= 4 is 28.5 Å². The van der Waals surface area contributed by atoms with Crippen LogP contribution in [0.25, 0.3) is 0 Å². The predicted octanol–water partition coefficient (Wildman–Crippen LogP) is 1.75. The highest BCUT2D eigenvalue weighted by Crippen LogP contribution is 2.31. The third kappa shape index (κ3) is 4.19. The van der Waals surface area contributed by atoms with Crippen molar-refractivity contribution in [1.82, 2.24) is 14.7 Å². The van der Waals surface area contributed by atoms with Gasteiger partial charge in [0.25, 0.3) is 5.91 Å². The number of urea groups is 1. The summed E-state index contributed by atoms with van der Waals surface area (Å²) in [7, 11) is 0. The Labute approximate surface area is 142 Å². The number of pyridine rings is 1. The second kappa shape index (κ2) is 7.26. The van der Waals surface area contributed by atoms with E-state index in [1.54, 1.807) is 18.5 Å². The normalized spacial score (nSPS) is 13.3. The van der Waals surface area contributed by atoms with Crippen LogP contribution in [0.15, 0.2) is 24.5 Å². The standard InChI is InChI=1S/C15H17N5O3S/c16-12(21)11-13(23-8-10-2-1-5-17-6-10)20-24-14(11)19-15(22)18-7-9-3-4-9/h1-2,5-6,9H,3-4,7-8H2,(H2,16,21)(H2,18,19,22). The number of amides is 3. The lowest BCUT2D eigenvalue weighted by atomic mass is 10.3. The number of hydrogen-bond donors (Lipinski definition) is 3. The van der Waals surface area contributed by atoms with E-state index in [0.29, 0.717) is 12.5 Å². The van der Waals surface area contributed by atoms with Gasteiger partial charge in [0.05, 0.1) is 0 Å². The van der Waals surface area contributed by atoms with Gasteiger partial charge in [-0.3, -0.25) is 15.1 Å². The van der Waals surface area contributed by atoms with E-state index in [1.807, 2.05) is 6.07 Å². The van der Waals surface area contributed by atoms with Gasteiger partial charge in [0.15, 0.2) is 0 Å². The van der Waals surface area contributed by atoms with Gasteiger partial charge in [-0.1, -0.05) is 6.07 Å². The molecule has 8 nitrogen and oxygen atoms in total. The molecular weight excluding hydrogens is 330 g/mol. The minimum atomic E-state index is -0.706. The lowest BCUT2D eigenvalue weighted by Gasteiger charge is -2.07. The third-order valence-corrected chi connectivity index (χ3v) is 4.23. The zero-order valence-electron chi connectivity index (χ0n) is 12.8. The quantitative estimate of drug-likeness (QED) is 0.705. The van der Waals surface area contributed by atoms with E-state index in [2.05, 4.69) is 20.0 Å². The molecule has 126 valence electrons. The van der Waals surface area contributed by atoms with Crippen LogP contribution in [0.3, 0.4) is 0 Å². The molecule has 0 unspecified atom stereocenters. The highest BCUT2D eigenvalue weighted by atomic mass is 32.1. The van der Waals surface area contributed by atoms with Gasteiger partial charge in [0.2, 0.25) is 5.88 Å². The summed E-state index contributed by atoms with van der Waals surface area (Å²) in [6.07, 6.45) is 5.59. The Morgan fingerprint density at radius 1 is 1.42 bits per heavy atom. The molecule has 1 fully saturated rings. The number of ether oxygens (including phenoxy) is 1. The van der Waals surface area contributed by atoms with E-state index in [9.17, 15) is 9.59 Å². The van der Waals surface area contributed by atoms with Gasteiger partial charge in [0.1, 0.15) is 17.2 Å². The molecule has 1 aliphatic carbocycles. The highest BCUT2D eigenvalue weighted by Gasteiger charge is 2.24. The summed E-state index contributed by atoms with van der Waals surface area (Å²) in [6.45, 7) is 0.825. The van der Waals surface area contributed by atoms with E-state index in [1.165, 1.54) is 0 Å². The summed E-state index contributed by atoms with van der Waals surface area (Å²) in [4.78, 5) is 27.5. The largest absolute Gasteiger partial charge is 0.472 e. The first kappa shape index (κ1) is 16.2. The first-order valence-electron chi connectivity index (χ1n) is 7.49. The zero-order chi connectivity index (χ0) is 16.9. The fraction of sp³-hybridized carbons (Fsp3) is 0.333. The first-order valence-corrected chi connectivity index (χ1v) is 8.27. The molecule has 1 saturated carbocycles. The van der Waals surface area contributed by atoms with Crippen LogP contribution in [0.5, 0.6) is 5.88 Å². The number of nitrogens with two attached hydrogens (primary N) is 1. The number of rotatable bonds is 7. The maximum absolute atomic E-state index is 11.9. The fourth-order valence-electron chi connectivity index (χ4n) is 2.02. The Morgan fingerprint density at radius 2 is 2.25 bits per heavy atom. The molecule has 0 aromatic carbocycles. The molecule has 0 radical (unpaired) electrons. The van der Waals surface area contributed by atoms with Crippen LogP contribution < -0.4 is 21.1 Å². The van der Waals surface area contributed by atoms with Gasteiger partial charge in [-0.05, 0) is 36.4 Å². The summed E-state index contributed by atoms with van der Waals surface area (Å²) < 4.78 is 9.61. The number of carbonyl (C=O) groups is 2. The third-order valence-electron chi connectivity index (χ3n) is 3.48. The average Bonchev–Trinajstić information content (AvgIpc) is 3.32. The number of hydrogen-bond acceptors (Lipinski definition) is 6. The van der Waals surface area contributed by atoms with E-state index in [-0.39, 0.29) is 29.1 Å². The van der Waals surface area contributed by atoms with Crippen LogP contribution in [0.4, 0.5) is 9.80 Å². The number of aromatic nitrogens is 2. The molecule has 2 aromatic rings. The van der Waals surface area contributed by atoms with Crippen LogP contribution in [0, 0.1) is 5.92 Å². The van der Waals surface area contributed by atoms with Crippen molar-refractivity contribution in [2.45, 2.75) is 19.4 Å². The molecule has 0 spiro atoms. The van der Waals surface area contributed by atoms with Crippen molar-refractivity contribution in [1.29, 1.82) is 0 Å². The summed E-state index contributed by atoms with van der Waals surface area (Å²) in [6, 6.07) is 3.24. The molecule has 0 bridgehead atoms. The van der Waals surface area contributed by atoms with Gasteiger partial charge >= 0.3 is 6.03 Å². The summed E-state index contributed by atoms with van der Waals surface area (Å²) in [5.74, 6) is -0.0394. The number of nitrogens with one attached hydrogen (secondary N) is 2. The smallest absolute Gasteiger partial charge is 0.319 e. The van der Waals surface area contributed by atoms with Crippen LogP contribution in [0.2, 0.25) is 0 Å². The minimum Gasteiger partial charge on any atom is -0.472 e. The monoisotopic (exact) mass is 347 g/mol. The number of nitrogens with zero attached hydrogens (tertiary/aromatic N) is 2. The molecule has 3 rings (SSSR count). The Bertz CT molecular complexity index is 730. The maximum Gasteiger partial charge on any atom is 0.319 e. The van der Waals surface area contributed by atoms with Crippen molar-refractivity contribution in [3.8, 4) is 5.88 Å². The Morgan fingerprint density at radius 3 is 2.92 bits per heavy atom. The molecule has 4 N–H and O–H groups in total. The summed E-state index contributed by atoms with van der Waals surface area (Å²) >= 11 is 0.954. The molecule has 2 aromatic heterocycles. The lowest BCUT2D eigenvalue weighted by molar-refractivity contribution is 0.0996. The van der Waals surface area contributed by atoms with Crippen molar-refractivity contribution in [3.05, 3.63) is 35.7 Å². The van der Waals surface area contributed by atoms with Gasteiger partial charge in [-0.2, -0.15) is 4.37 Å². The van der Waals surface area contributed by atoms with E-state index >= 15 is 0 Å². The second-order valence-electron chi connectivity index (χ2n) is 5.48. The molecule has 2 heterocycles. The van der Waals surface area contributed by atoms with Crippen LogP contribution in [0.1, 0.15) is 28.8 Å². The highest BCUT2D eigenvalue weighted by molar-refractivity contribution is 7.11. The van der Waals surface area contributed by atoms with Gasteiger partial charge in [0, 0.05) is 24.5 Å². The summed E-state index contributed by atoms with van der Waals surface area (Å²) in [5, 5.41) is 5.64. The Kier molecular flexibility index (Phi) is 4.90. The molecule has 3 amide bonds. The van der Waals surface area contributed by atoms with Gasteiger partial charge in [-0.15, -0.1) is 0 Å². The minimum absolute atomic E-state index is 0.0745. The lowest BCUT2D eigenvalue weighted by Crippen LogP contribution is -2.30. The molecule has 9 heteroatoms. The second-order valence-corrected chi connectivity index (χ2v) is 6.26. The molecule has 1 aliphatic rings. The van der Waals surface area contributed by atoms with Crippen molar-refractivity contribution < 1.29 is 14.3 Å². The van der Waals surface area contributed by atoms with Gasteiger partial charge < -0.3 is 15.8 Å². The first-order chi connectivity index (χ1) is 11.6. The molecule has 0 saturated heterocycles. The van der Waals surface area contributed by atoms with E-state index < -0.39 is 5.91 Å². The van der Waals surface area contributed by atoms with Crippen LogP contribution >= 0.6 is 11.5 Å². The topological polar surface area (TPSA) is 119 Å². The molecular formula is C15H17N5O3S.